The number of carbonyl (C=O) groups is 3. The summed E-state index contributed by atoms with van der Waals surface area (Å²) in [6.07, 6.45) is 3.61. The minimum absolute atomic E-state index is 0.166. The standard InChI is InChI=1S/C30H51N3O4/c1-11-14-15-19-31-26(34)25(23-18-16-17-21(4)20-23)33(30(9,10)13-3)27(35)24(22(5)12-2)32-28(36)37-29(6,7)8/h16-18,20,22,24-25H,11-15,19H2,1-10H3,(H,31,34)(H,32,36). The van der Waals surface area contributed by atoms with E-state index in [-0.39, 0.29) is 17.7 Å². The molecule has 1 rings (SSSR count). The number of hydrogen-bond donors (Lipinski definition) is 2. The van der Waals surface area contributed by atoms with Gasteiger partial charge in [0.05, 0.1) is 0 Å². The zero-order valence-electron chi connectivity index (χ0n) is 24.9. The molecular formula is C30H51N3O4. The Balaban J connectivity index is 3.59. The molecule has 210 valence electrons. The van der Waals surface area contributed by atoms with Gasteiger partial charge in [-0.15, -0.1) is 0 Å². The summed E-state index contributed by atoms with van der Waals surface area (Å²) in [5.74, 6) is -0.667. The van der Waals surface area contributed by atoms with E-state index in [0.717, 1.165) is 30.4 Å². The lowest BCUT2D eigenvalue weighted by molar-refractivity contribution is -0.150. The smallest absolute Gasteiger partial charge is 0.408 e. The maximum absolute atomic E-state index is 14.4. The third kappa shape index (κ3) is 10.0. The van der Waals surface area contributed by atoms with Crippen LogP contribution in [0.1, 0.15) is 112 Å². The number of hydrogen-bond acceptors (Lipinski definition) is 4. The summed E-state index contributed by atoms with van der Waals surface area (Å²) in [6, 6.07) is 6.07. The van der Waals surface area contributed by atoms with Gasteiger partial charge in [-0.3, -0.25) is 9.59 Å². The molecule has 1 aromatic rings. The maximum Gasteiger partial charge on any atom is 0.408 e. The summed E-state index contributed by atoms with van der Waals surface area (Å²) >= 11 is 0. The average molecular weight is 518 g/mol. The third-order valence-electron chi connectivity index (χ3n) is 6.85. The van der Waals surface area contributed by atoms with Gasteiger partial charge in [0.2, 0.25) is 11.8 Å². The van der Waals surface area contributed by atoms with Gasteiger partial charge in [0, 0.05) is 12.1 Å². The summed E-state index contributed by atoms with van der Waals surface area (Å²) < 4.78 is 5.49. The molecule has 3 amide bonds. The van der Waals surface area contributed by atoms with Gasteiger partial charge in [-0.2, -0.15) is 0 Å². The first-order valence-electron chi connectivity index (χ1n) is 13.8. The van der Waals surface area contributed by atoms with Crippen LogP contribution in [0, 0.1) is 12.8 Å². The number of benzene rings is 1. The van der Waals surface area contributed by atoms with Crippen LogP contribution in [0.15, 0.2) is 24.3 Å². The Kier molecular flexibility index (Phi) is 12.6. The first kappa shape index (κ1) is 32.5. The molecule has 0 radical (unpaired) electrons. The molecule has 37 heavy (non-hydrogen) atoms. The van der Waals surface area contributed by atoms with Crippen LogP contribution in [-0.4, -0.2) is 46.5 Å². The Bertz CT molecular complexity index is 891. The van der Waals surface area contributed by atoms with Crippen LogP contribution < -0.4 is 10.6 Å². The molecule has 0 aliphatic rings. The molecular weight excluding hydrogens is 466 g/mol. The molecule has 2 N–H and O–H groups in total. The number of nitrogens with one attached hydrogen (secondary N) is 2. The van der Waals surface area contributed by atoms with Gasteiger partial charge >= 0.3 is 6.09 Å². The fourth-order valence-electron chi connectivity index (χ4n) is 4.15. The zero-order chi connectivity index (χ0) is 28.4. The largest absolute Gasteiger partial charge is 0.444 e. The van der Waals surface area contributed by atoms with Crippen LogP contribution in [0.2, 0.25) is 0 Å². The molecule has 0 aliphatic carbocycles. The van der Waals surface area contributed by atoms with E-state index < -0.39 is 29.3 Å². The molecule has 0 heterocycles. The molecule has 7 nitrogen and oxygen atoms in total. The highest BCUT2D eigenvalue weighted by Gasteiger charge is 2.44. The molecule has 3 atom stereocenters. The fourth-order valence-corrected chi connectivity index (χ4v) is 4.15. The van der Waals surface area contributed by atoms with E-state index in [9.17, 15) is 14.4 Å². The van der Waals surface area contributed by atoms with E-state index >= 15 is 0 Å². The number of nitrogens with zero attached hydrogens (tertiary/aromatic N) is 1. The molecule has 0 bridgehead atoms. The van der Waals surface area contributed by atoms with Gasteiger partial charge in [0.25, 0.3) is 0 Å². The van der Waals surface area contributed by atoms with Crippen LogP contribution in [0.5, 0.6) is 0 Å². The SMILES string of the molecule is CCCCCNC(=O)C(c1cccc(C)c1)N(C(=O)C(NC(=O)OC(C)(C)C)C(C)CC)C(C)(C)CC. The van der Waals surface area contributed by atoms with E-state index in [4.69, 9.17) is 4.74 Å². The molecule has 0 fully saturated rings. The van der Waals surface area contributed by atoms with Crippen molar-refractivity contribution in [2.24, 2.45) is 5.92 Å². The van der Waals surface area contributed by atoms with E-state index in [1.54, 1.807) is 25.7 Å². The van der Waals surface area contributed by atoms with Gasteiger partial charge in [-0.1, -0.05) is 76.8 Å². The van der Waals surface area contributed by atoms with Crippen molar-refractivity contribution >= 4 is 17.9 Å². The van der Waals surface area contributed by atoms with Gasteiger partial charge in [0.1, 0.15) is 17.7 Å². The Labute approximate surface area is 225 Å². The van der Waals surface area contributed by atoms with Crippen LogP contribution in [0.3, 0.4) is 0 Å². The van der Waals surface area contributed by atoms with Crippen molar-refractivity contribution < 1.29 is 19.1 Å². The maximum atomic E-state index is 14.4. The van der Waals surface area contributed by atoms with Crippen molar-refractivity contribution in [1.82, 2.24) is 15.5 Å². The van der Waals surface area contributed by atoms with Crippen molar-refractivity contribution in [3.63, 3.8) is 0 Å². The second kappa shape index (κ2) is 14.4. The Morgan fingerprint density at radius 2 is 1.68 bits per heavy atom. The zero-order valence-corrected chi connectivity index (χ0v) is 24.9. The fraction of sp³-hybridized carbons (Fsp3) is 0.700. The number of aryl methyl sites for hydroxylation is 1. The van der Waals surface area contributed by atoms with Crippen molar-refractivity contribution in [2.45, 2.75) is 125 Å². The summed E-state index contributed by atoms with van der Waals surface area (Å²) in [6.45, 7) is 19.9. The van der Waals surface area contributed by atoms with E-state index in [1.807, 2.05) is 65.8 Å². The summed E-state index contributed by atoms with van der Waals surface area (Å²) in [5.41, 5.74) is 0.405. The lowest BCUT2D eigenvalue weighted by Gasteiger charge is -2.45. The molecule has 0 saturated carbocycles. The molecule has 0 saturated heterocycles. The van der Waals surface area contributed by atoms with Crippen molar-refractivity contribution in [3.8, 4) is 0 Å². The number of unbranched alkanes of at least 4 members (excludes halogenated alkanes) is 2. The van der Waals surface area contributed by atoms with Gasteiger partial charge in [0.15, 0.2) is 0 Å². The first-order valence-corrected chi connectivity index (χ1v) is 13.8. The molecule has 0 aliphatic heterocycles. The van der Waals surface area contributed by atoms with Gasteiger partial charge in [-0.25, -0.2) is 4.79 Å². The molecule has 0 aromatic heterocycles. The number of ether oxygens (including phenoxy) is 1. The molecule has 3 unspecified atom stereocenters. The minimum Gasteiger partial charge on any atom is -0.444 e. The highest BCUT2D eigenvalue weighted by atomic mass is 16.6. The summed E-state index contributed by atoms with van der Waals surface area (Å²) in [7, 11) is 0. The Hall–Kier alpha value is -2.57. The summed E-state index contributed by atoms with van der Waals surface area (Å²) in [5, 5.41) is 5.91. The third-order valence-corrected chi connectivity index (χ3v) is 6.85. The topological polar surface area (TPSA) is 87.7 Å². The Morgan fingerprint density at radius 3 is 2.19 bits per heavy atom. The van der Waals surface area contributed by atoms with Crippen molar-refractivity contribution in [3.05, 3.63) is 35.4 Å². The quantitative estimate of drug-likeness (QED) is 0.301. The van der Waals surface area contributed by atoms with Crippen molar-refractivity contribution in [1.29, 1.82) is 0 Å². The van der Waals surface area contributed by atoms with Crippen LogP contribution >= 0.6 is 0 Å². The van der Waals surface area contributed by atoms with Crippen LogP contribution in [0.4, 0.5) is 4.79 Å². The second-order valence-electron chi connectivity index (χ2n) is 11.7. The number of rotatable bonds is 13. The van der Waals surface area contributed by atoms with E-state index in [0.29, 0.717) is 19.4 Å². The first-order chi connectivity index (χ1) is 17.2. The Morgan fingerprint density at radius 1 is 1.03 bits per heavy atom. The molecule has 0 spiro atoms. The predicted octanol–water partition coefficient (Wildman–Crippen LogP) is 6.30. The number of alkyl carbamates (subject to hydrolysis) is 1. The second-order valence-corrected chi connectivity index (χ2v) is 11.7. The van der Waals surface area contributed by atoms with Crippen molar-refractivity contribution in [2.75, 3.05) is 6.54 Å². The van der Waals surface area contributed by atoms with Gasteiger partial charge in [-0.05, 0) is 65.9 Å². The van der Waals surface area contributed by atoms with E-state index in [1.165, 1.54) is 0 Å². The lowest BCUT2D eigenvalue weighted by Crippen LogP contribution is -2.60. The highest BCUT2D eigenvalue weighted by Crippen LogP contribution is 2.33. The van der Waals surface area contributed by atoms with Gasteiger partial charge < -0.3 is 20.3 Å². The van der Waals surface area contributed by atoms with E-state index in [2.05, 4.69) is 17.6 Å². The predicted molar refractivity (Wildman–Crippen MR) is 150 cm³/mol. The minimum atomic E-state index is -0.842. The molecule has 1 aromatic carbocycles. The van der Waals surface area contributed by atoms with Crippen LogP contribution in [-0.2, 0) is 14.3 Å². The highest BCUT2D eigenvalue weighted by molar-refractivity contribution is 5.92. The lowest BCUT2D eigenvalue weighted by atomic mass is 9.89. The monoisotopic (exact) mass is 517 g/mol. The molecule has 7 heteroatoms. The number of amides is 3. The summed E-state index contributed by atoms with van der Waals surface area (Å²) in [4.78, 5) is 42.6. The number of carbonyl (C=O) groups excluding carboxylic acids is 3. The average Bonchev–Trinajstić information content (AvgIpc) is 2.81. The normalized spacial score (nSPS) is 14.3. The van der Waals surface area contributed by atoms with Crippen LogP contribution in [0.25, 0.3) is 0 Å².